The number of ether oxygens (including phenoxy) is 1. The van der Waals surface area contributed by atoms with Crippen LogP contribution in [-0.4, -0.2) is 148 Å². The molecule has 0 unspecified atom stereocenters. The third-order valence-electron chi connectivity index (χ3n) is 27.7. The fourth-order valence-corrected chi connectivity index (χ4v) is 21.7. The van der Waals surface area contributed by atoms with Crippen LogP contribution in [0.1, 0.15) is 237 Å². The van der Waals surface area contributed by atoms with Crippen LogP contribution in [0, 0.1) is 62.7 Å². The summed E-state index contributed by atoms with van der Waals surface area (Å²) in [6.45, 7) is 25.7. The van der Waals surface area contributed by atoms with Crippen molar-refractivity contribution in [2.75, 3.05) is 66.1 Å². The van der Waals surface area contributed by atoms with Crippen LogP contribution in [0.4, 0.5) is 52.7 Å². The molecule has 0 saturated carbocycles. The minimum Gasteiger partial charge on any atom is -0.384 e. The molecule has 17 nitrogen and oxygen atoms in total. The molecule has 0 atom stereocenters. The van der Waals surface area contributed by atoms with Gasteiger partial charge in [-0.3, -0.25) is 19.2 Å². The molecule has 4 amide bonds. The summed E-state index contributed by atoms with van der Waals surface area (Å²) in [5.74, 6) is 4.31. The zero-order valence-electron chi connectivity index (χ0n) is 80.9. The summed E-state index contributed by atoms with van der Waals surface area (Å²) in [4.78, 5) is 78.7. The Hall–Kier alpha value is -9.04. The Morgan fingerprint density at radius 1 is 0.362 bits per heavy atom. The molecule has 12 aromatic rings. The number of amides is 4. The fourth-order valence-electron chi connectivity index (χ4n) is 19.4. The molecule has 8 heterocycles. The van der Waals surface area contributed by atoms with Crippen molar-refractivity contribution < 1.29 is 76.6 Å². The summed E-state index contributed by atoms with van der Waals surface area (Å²) in [5.41, 5.74) is 6.13. The molecule has 4 aliphatic heterocycles. The molecule has 37 heteroatoms. The number of aryl methyl sites for hydroxylation is 8. The normalized spacial score (nSPS) is 15.4. The van der Waals surface area contributed by atoms with Crippen molar-refractivity contribution in [1.82, 2.24) is 57.8 Å². The Kier molecular flexibility index (Phi) is 34.2. The molecular formula is C104H112Cl8F12N12O5. The number of aromatic nitrogens is 8. The molecule has 4 fully saturated rings. The lowest BCUT2D eigenvalue weighted by atomic mass is 9.80. The Morgan fingerprint density at radius 3 is 0.801 bits per heavy atom. The molecule has 0 radical (unpaired) electrons. The first-order chi connectivity index (χ1) is 66.0. The SMILES string of the molecule is CCC1CCN(C(=O)c2ccc(Cl)c(Cc3nc4c(C)cc(C(F)(F)F)cc4n3C)c2Cl)CC1.COCC1CCN(C(=O)c2ccc(Cl)c(Cc3nc4c(C)cc(C(F)(F)F)cc4n3C)c2Cl)CC1.Cc1cc(C(F)(F)F)cc2c1nc(Cc1c(Cl)ccc(C(=O)N3CCC(C(C)C)CC3)c1Cl)n2C.Cc1cc(C(F)(F)F)cc2c1nc(Cc1c(Cl)ccc(C(=O)N3CCC(CC(C)(C)C)CC3)c1Cl)n2C. The van der Waals surface area contributed by atoms with Gasteiger partial charge in [-0.2, -0.15) is 52.7 Å². The topological polar surface area (TPSA) is 162 Å². The molecule has 0 aliphatic carbocycles. The highest BCUT2D eigenvalue weighted by Crippen LogP contribution is 2.45. The Bertz CT molecular complexity index is 6700. The number of rotatable bonds is 17. The first-order valence-electron chi connectivity index (χ1n) is 46.7. The maximum absolute atomic E-state index is 13.4. The van der Waals surface area contributed by atoms with E-state index in [4.69, 9.17) is 97.5 Å². The van der Waals surface area contributed by atoms with E-state index < -0.39 is 47.0 Å². The number of hydrogen-bond donors (Lipinski definition) is 0. The zero-order valence-corrected chi connectivity index (χ0v) is 86.9. The van der Waals surface area contributed by atoms with E-state index in [1.54, 1.807) is 135 Å². The number of fused-ring (bicyclic) bond motifs is 4. The number of piperidine rings is 4. The Labute approximate surface area is 851 Å². The van der Waals surface area contributed by atoms with E-state index in [9.17, 15) is 71.9 Å². The van der Waals surface area contributed by atoms with Crippen LogP contribution in [-0.2, 0) is 83.3 Å². The number of hydrogen-bond acceptors (Lipinski definition) is 9. The molecule has 4 saturated heterocycles. The molecular weight excluding hydrogens is 2010 g/mol. The molecule has 8 aromatic carbocycles. The smallest absolute Gasteiger partial charge is 0.384 e. The maximum Gasteiger partial charge on any atom is 0.416 e. The lowest BCUT2D eigenvalue weighted by Gasteiger charge is -2.35. The summed E-state index contributed by atoms with van der Waals surface area (Å²) in [6, 6.07) is 21.9. The highest BCUT2D eigenvalue weighted by Gasteiger charge is 2.40. The van der Waals surface area contributed by atoms with Crippen molar-refractivity contribution >= 4 is 161 Å². The lowest BCUT2D eigenvalue weighted by molar-refractivity contribution is -0.138. The van der Waals surface area contributed by atoms with E-state index in [0.29, 0.717) is 243 Å². The minimum absolute atomic E-state index is 0.131. The summed E-state index contributed by atoms with van der Waals surface area (Å²) in [7, 11) is 8.33. The monoisotopic (exact) mass is 2120 g/mol. The van der Waals surface area contributed by atoms with Gasteiger partial charge in [0.25, 0.3) is 23.6 Å². The van der Waals surface area contributed by atoms with Gasteiger partial charge < -0.3 is 42.6 Å². The third kappa shape index (κ3) is 24.7. The fraction of sp³-hybridized carbons (Fsp3) is 0.462. The van der Waals surface area contributed by atoms with Gasteiger partial charge in [0.2, 0.25) is 0 Å². The predicted octanol–water partition coefficient (Wildman–Crippen LogP) is 28.7. The van der Waals surface area contributed by atoms with Crippen LogP contribution in [0.25, 0.3) is 44.1 Å². The second-order valence-corrected chi connectivity index (χ2v) is 42.1. The first kappa shape index (κ1) is 109. The predicted molar refractivity (Wildman–Crippen MR) is 534 cm³/mol. The number of nitrogens with zero attached hydrogens (tertiary/aromatic N) is 12. The van der Waals surface area contributed by atoms with E-state index >= 15 is 0 Å². The zero-order chi connectivity index (χ0) is 103. The molecule has 0 bridgehead atoms. The summed E-state index contributed by atoms with van der Waals surface area (Å²) in [5, 5.41) is 2.52. The number of halogens is 20. The van der Waals surface area contributed by atoms with Crippen LogP contribution in [0.5, 0.6) is 0 Å². The molecule has 0 spiro atoms. The van der Waals surface area contributed by atoms with Crippen molar-refractivity contribution in [3.05, 3.63) is 250 Å². The van der Waals surface area contributed by atoms with E-state index in [1.807, 2.05) is 14.7 Å². The van der Waals surface area contributed by atoms with Crippen LogP contribution in [0.2, 0.25) is 40.2 Å². The Morgan fingerprint density at radius 2 is 0.589 bits per heavy atom. The first-order valence-corrected chi connectivity index (χ1v) is 49.7. The lowest BCUT2D eigenvalue weighted by Crippen LogP contribution is -2.39. The van der Waals surface area contributed by atoms with Crippen LogP contribution in [0.3, 0.4) is 0 Å². The molecule has 16 rings (SSSR count). The van der Waals surface area contributed by atoms with E-state index in [-0.39, 0.29) is 74.8 Å². The van der Waals surface area contributed by atoms with Crippen molar-refractivity contribution in [2.45, 2.75) is 184 Å². The number of alkyl halides is 12. The quantitative estimate of drug-likeness (QED) is 0.0808. The van der Waals surface area contributed by atoms with Crippen molar-refractivity contribution in [1.29, 1.82) is 0 Å². The van der Waals surface area contributed by atoms with Crippen LogP contribution in [0.15, 0.2) is 97.1 Å². The van der Waals surface area contributed by atoms with Crippen molar-refractivity contribution in [3.8, 4) is 0 Å². The van der Waals surface area contributed by atoms with E-state index in [1.165, 1.54) is 0 Å². The van der Waals surface area contributed by atoms with Gasteiger partial charge in [-0.15, -0.1) is 0 Å². The van der Waals surface area contributed by atoms with Gasteiger partial charge in [0, 0.05) is 140 Å². The van der Waals surface area contributed by atoms with Gasteiger partial charge in [-0.05, 0) is 262 Å². The minimum atomic E-state index is -4.46. The number of likely N-dealkylation sites (tertiary alicyclic amines) is 4. The van der Waals surface area contributed by atoms with Gasteiger partial charge in [0.1, 0.15) is 23.3 Å². The molecule has 758 valence electrons. The number of carbonyl (C=O) groups excluding carboxylic acids is 4. The second-order valence-electron chi connectivity index (χ2n) is 38.9. The van der Waals surface area contributed by atoms with Crippen molar-refractivity contribution in [3.63, 3.8) is 0 Å². The maximum atomic E-state index is 13.4. The van der Waals surface area contributed by atoms with Crippen molar-refractivity contribution in [2.24, 2.45) is 63.2 Å². The van der Waals surface area contributed by atoms with E-state index in [2.05, 4.69) is 61.5 Å². The summed E-state index contributed by atoms with van der Waals surface area (Å²) in [6.07, 6.45) is -7.37. The third-order valence-corrected chi connectivity index (χ3v) is 30.9. The number of carbonyl (C=O) groups is 4. The van der Waals surface area contributed by atoms with Gasteiger partial charge >= 0.3 is 24.7 Å². The van der Waals surface area contributed by atoms with Gasteiger partial charge in [-0.1, -0.05) is 141 Å². The summed E-state index contributed by atoms with van der Waals surface area (Å²) < 4.78 is 172. The highest BCUT2D eigenvalue weighted by atomic mass is 35.5. The van der Waals surface area contributed by atoms with Crippen LogP contribution < -0.4 is 0 Å². The Balaban J connectivity index is 0.000000158. The van der Waals surface area contributed by atoms with Gasteiger partial charge in [0.05, 0.1) is 109 Å². The highest BCUT2D eigenvalue weighted by molar-refractivity contribution is 6.40. The standard InChI is InChI=1S/C28H32Cl2F3N3O.C26H28Cl2F3N3O.C25H26Cl2F3N3O2.C25H26Cl2F3N3O/c1-16-12-18(28(31,32)33)13-22-25(16)34-23(35(22)5)14-20-21(29)7-6-19(24(20)30)26(37)36-10-8-17(9-11-36)15-27(2,3)4;1-14(2)16-7-9-34(10-8-16)25(35)18-5-6-20(27)19(23(18)28)13-22-32-24-15(3)11-17(26(29,30)31)12-21(24)33(22)4;1-14-10-16(25(28,29)30)11-20-23(14)31-21(32(20)2)12-18-19(26)5-4-17(22(18)27)24(34)33-8-6-15(7-9-33)13-35-3;1-4-15-7-9-33(10-8-15)24(34)17-5-6-19(26)18(22(17)27)13-21-31-23-14(2)11-16(25(28,29)30)12-20(23)32(21)3/h6-7,12-13,17H,8-11,14-15H2,1-5H3;5-6,11-12,14,16H,7-10,13H2,1-4H3;4-5,10-11,15H,6-9,12-13H2,1-3H3;5-6,11-12,15H,4,7-10,13H2,1-3H3. The second kappa shape index (κ2) is 44.1. The molecule has 4 aliphatic rings. The number of imidazole rings is 4. The molecule has 4 aromatic heterocycles. The molecule has 0 N–H and O–H groups in total. The van der Waals surface area contributed by atoms with Gasteiger partial charge in [0.15, 0.2) is 0 Å². The van der Waals surface area contributed by atoms with Crippen LogP contribution >= 0.6 is 92.8 Å². The van der Waals surface area contributed by atoms with E-state index in [0.717, 1.165) is 113 Å². The average Bonchev–Trinajstić information content (AvgIpc) is 1.64. The average molecular weight is 2120 g/mol. The largest absolute Gasteiger partial charge is 0.416 e. The molecule has 141 heavy (non-hydrogen) atoms. The number of benzene rings is 8. The number of methoxy groups -OCH3 is 1. The van der Waals surface area contributed by atoms with Gasteiger partial charge in [-0.25, -0.2) is 19.9 Å². The summed E-state index contributed by atoms with van der Waals surface area (Å²) >= 11 is 52.7.